The van der Waals surface area contributed by atoms with Gasteiger partial charge in [0.05, 0.1) is 5.52 Å². The Morgan fingerprint density at radius 1 is 0.800 bits per heavy atom. The summed E-state index contributed by atoms with van der Waals surface area (Å²) < 4.78 is 40.5. The number of hydrogen-bond acceptors (Lipinski definition) is 4. The van der Waals surface area contributed by atoms with Crippen molar-refractivity contribution < 1.29 is 22.8 Å². The lowest BCUT2D eigenvalue weighted by molar-refractivity contribution is 0.102. The number of hydrogen-bond donors (Lipinski definition) is 1. The Labute approximate surface area is 168 Å². The maximum absolute atomic E-state index is 14.1. The zero-order valence-electron chi connectivity index (χ0n) is 15.2. The van der Waals surface area contributed by atoms with Gasteiger partial charge in [0, 0.05) is 34.0 Å². The standard InChI is InChI=1S/C22H12F3N3O2/c23-16-6-14(21(29)12-2-4-20-15(5-12)10-26-11-27-20)7-17(9-16)28-22(30)13-1-3-18(24)19(25)8-13/h1-11H,(H,28,30). The number of nitrogens with one attached hydrogen (secondary N) is 1. The molecule has 1 amide bonds. The van der Waals surface area contributed by atoms with E-state index < -0.39 is 29.1 Å². The molecule has 0 atom stereocenters. The van der Waals surface area contributed by atoms with Crippen LogP contribution in [0.15, 0.2) is 67.1 Å². The summed E-state index contributed by atoms with van der Waals surface area (Å²) in [5.41, 5.74) is 0.797. The molecule has 0 aliphatic rings. The fourth-order valence-electron chi connectivity index (χ4n) is 2.93. The van der Waals surface area contributed by atoms with Gasteiger partial charge in [-0.2, -0.15) is 0 Å². The minimum Gasteiger partial charge on any atom is -0.322 e. The molecular formula is C22H12F3N3O2. The van der Waals surface area contributed by atoms with E-state index in [9.17, 15) is 22.8 Å². The van der Waals surface area contributed by atoms with Gasteiger partial charge in [-0.25, -0.2) is 23.1 Å². The first-order valence-electron chi connectivity index (χ1n) is 8.72. The second kappa shape index (κ2) is 7.75. The molecule has 0 saturated heterocycles. The van der Waals surface area contributed by atoms with E-state index in [0.29, 0.717) is 16.5 Å². The van der Waals surface area contributed by atoms with Crippen LogP contribution in [0, 0.1) is 17.5 Å². The van der Waals surface area contributed by atoms with Gasteiger partial charge >= 0.3 is 0 Å². The zero-order chi connectivity index (χ0) is 21.3. The first-order chi connectivity index (χ1) is 14.4. The van der Waals surface area contributed by atoms with Crippen molar-refractivity contribution in [3.63, 3.8) is 0 Å². The van der Waals surface area contributed by atoms with E-state index in [-0.39, 0.29) is 16.8 Å². The Bertz CT molecular complexity index is 1310. The van der Waals surface area contributed by atoms with Crippen molar-refractivity contribution in [2.45, 2.75) is 0 Å². The summed E-state index contributed by atoms with van der Waals surface area (Å²) in [7, 11) is 0. The van der Waals surface area contributed by atoms with Crippen LogP contribution in [0.25, 0.3) is 10.9 Å². The number of halogens is 3. The fraction of sp³-hybridized carbons (Fsp3) is 0. The van der Waals surface area contributed by atoms with Gasteiger partial charge in [0.2, 0.25) is 0 Å². The monoisotopic (exact) mass is 407 g/mol. The average Bonchev–Trinajstić information content (AvgIpc) is 2.74. The van der Waals surface area contributed by atoms with E-state index in [0.717, 1.165) is 30.3 Å². The molecule has 0 fully saturated rings. The van der Waals surface area contributed by atoms with Crippen molar-refractivity contribution in [1.29, 1.82) is 0 Å². The van der Waals surface area contributed by atoms with E-state index >= 15 is 0 Å². The van der Waals surface area contributed by atoms with Gasteiger partial charge in [0.25, 0.3) is 5.91 Å². The number of carbonyl (C=O) groups is 2. The third-order valence-electron chi connectivity index (χ3n) is 4.37. The van der Waals surface area contributed by atoms with Crippen LogP contribution in [0.1, 0.15) is 26.3 Å². The molecule has 0 unspecified atom stereocenters. The SMILES string of the molecule is O=C(Nc1cc(F)cc(C(=O)c2ccc3ncncc3c2)c1)c1ccc(F)c(F)c1. The summed E-state index contributed by atoms with van der Waals surface area (Å²) in [5.74, 6) is -4.26. The first-order valence-corrected chi connectivity index (χ1v) is 8.72. The number of rotatable bonds is 4. The van der Waals surface area contributed by atoms with Crippen molar-refractivity contribution in [2.24, 2.45) is 0 Å². The summed E-state index contributed by atoms with van der Waals surface area (Å²) in [6, 6.07) is 10.8. The van der Waals surface area contributed by atoms with Crippen molar-refractivity contribution in [3.8, 4) is 0 Å². The van der Waals surface area contributed by atoms with E-state index in [1.54, 1.807) is 24.4 Å². The molecule has 4 rings (SSSR count). The quantitative estimate of drug-likeness (QED) is 0.505. The summed E-state index contributed by atoms with van der Waals surface area (Å²) in [4.78, 5) is 33.1. The third kappa shape index (κ3) is 3.88. The highest BCUT2D eigenvalue weighted by molar-refractivity contribution is 6.11. The van der Waals surface area contributed by atoms with Gasteiger partial charge in [-0.05, 0) is 54.6 Å². The van der Waals surface area contributed by atoms with Crippen LogP contribution >= 0.6 is 0 Å². The van der Waals surface area contributed by atoms with Crippen LogP contribution in [0.2, 0.25) is 0 Å². The topological polar surface area (TPSA) is 72.0 Å². The second-order valence-corrected chi connectivity index (χ2v) is 6.44. The minimum absolute atomic E-state index is 0.00259. The van der Waals surface area contributed by atoms with E-state index in [2.05, 4.69) is 15.3 Å². The van der Waals surface area contributed by atoms with Crippen LogP contribution in [-0.2, 0) is 0 Å². The highest BCUT2D eigenvalue weighted by atomic mass is 19.2. The Morgan fingerprint density at radius 2 is 1.60 bits per heavy atom. The Kier molecular flexibility index (Phi) is 4.97. The van der Waals surface area contributed by atoms with Crippen molar-refractivity contribution in [2.75, 3.05) is 5.32 Å². The van der Waals surface area contributed by atoms with Gasteiger partial charge in [0.1, 0.15) is 12.1 Å². The number of aromatic nitrogens is 2. The smallest absolute Gasteiger partial charge is 0.255 e. The normalized spacial score (nSPS) is 10.8. The molecule has 1 N–H and O–H groups in total. The van der Waals surface area contributed by atoms with Crippen molar-refractivity contribution >= 4 is 28.3 Å². The molecule has 1 heterocycles. The molecule has 0 saturated carbocycles. The molecule has 1 aromatic heterocycles. The lowest BCUT2D eigenvalue weighted by Crippen LogP contribution is -2.13. The number of benzene rings is 3. The largest absolute Gasteiger partial charge is 0.322 e. The molecule has 0 spiro atoms. The van der Waals surface area contributed by atoms with Gasteiger partial charge in [-0.3, -0.25) is 9.59 Å². The molecule has 4 aromatic rings. The van der Waals surface area contributed by atoms with Gasteiger partial charge in [0.15, 0.2) is 17.4 Å². The van der Waals surface area contributed by atoms with Crippen LogP contribution in [0.5, 0.6) is 0 Å². The summed E-state index contributed by atoms with van der Waals surface area (Å²) in [6.45, 7) is 0. The van der Waals surface area contributed by atoms with E-state index in [4.69, 9.17) is 0 Å². The summed E-state index contributed by atoms with van der Waals surface area (Å²) >= 11 is 0. The lowest BCUT2D eigenvalue weighted by Gasteiger charge is -2.09. The average molecular weight is 407 g/mol. The number of ketones is 1. The van der Waals surface area contributed by atoms with E-state index in [1.165, 1.54) is 12.4 Å². The zero-order valence-corrected chi connectivity index (χ0v) is 15.2. The van der Waals surface area contributed by atoms with Crippen molar-refractivity contribution in [3.05, 3.63) is 101 Å². The van der Waals surface area contributed by atoms with Gasteiger partial charge in [-0.15, -0.1) is 0 Å². The number of anilines is 1. The molecule has 0 aliphatic heterocycles. The Hall–Kier alpha value is -4.07. The van der Waals surface area contributed by atoms with Crippen LogP contribution in [0.4, 0.5) is 18.9 Å². The fourth-order valence-corrected chi connectivity index (χ4v) is 2.93. The summed E-state index contributed by atoms with van der Waals surface area (Å²) in [5, 5.41) is 3.03. The predicted molar refractivity (Wildman–Crippen MR) is 104 cm³/mol. The number of amides is 1. The van der Waals surface area contributed by atoms with Gasteiger partial charge < -0.3 is 5.32 Å². The molecule has 0 aliphatic carbocycles. The van der Waals surface area contributed by atoms with Crippen molar-refractivity contribution in [1.82, 2.24) is 9.97 Å². The third-order valence-corrected chi connectivity index (χ3v) is 4.37. The minimum atomic E-state index is -1.18. The Morgan fingerprint density at radius 3 is 2.40 bits per heavy atom. The molecule has 5 nitrogen and oxygen atoms in total. The lowest BCUT2D eigenvalue weighted by atomic mass is 10.0. The molecule has 0 bridgehead atoms. The maximum Gasteiger partial charge on any atom is 0.255 e. The summed E-state index contributed by atoms with van der Waals surface area (Å²) in [6.07, 6.45) is 2.94. The predicted octanol–water partition coefficient (Wildman–Crippen LogP) is 4.53. The molecule has 0 radical (unpaired) electrons. The molecule has 8 heteroatoms. The van der Waals surface area contributed by atoms with Crippen LogP contribution in [0.3, 0.4) is 0 Å². The Balaban J connectivity index is 1.62. The van der Waals surface area contributed by atoms with Crippen LogP contribution < -0.4 is 5.32 Å². The van der Waals surface area contributed by atoms with Crippen LogP contribution in [-0.4, -0.2) is 21.7 Å². The highest BCUT2D eigenvalue weighted by Crippen LogP contribution is 2.21. The number of nitrogens with zero attached hydrogens (tertiary/aromatic N) is 2. The molecular weight excluding hydrogens is 395 g/mol. The highest BCUT2D eigenvalue weighted by Gasteiger charge is 2.15. The van der Waals surface area contributed by atoms with E-state index in [1.807, 2.05) is 0 Å². The molecule has 30 heavy (non-hydrogen) atoms. The first kappa shape index (κ1) is 19.3. The van der Waals surface area contributed by atoms with Gasteiger partial charge in [-0.1, -0.05) is 0 Å². The maximum atomic E-state index is 14.1. The number of fused-ring (bicyclic) bond motifs is 1. The number of carbonyl (C=O) groups excluding carboxylic acids is 2. The molecule has 148 valence electrons. The molecule has 3 aromatic carbocycles. The second-order valence-electron chi connectivity index (χ2n) is 6.44.